The highest BCUT2D eigenvalue weighted by Gasteiger charge is 2.54. The third-order valence-electron chi connectivity index (χ3n) is 9.58. The monoisotopic (exact) mass is 742 g/mol. The summed E-state index contributed by atoms with van der Waals surface area (Å²) in [7, 11) is -5.01. The quantitative estimate of drug-likeness (QED) is 0.156. The van der Waals surface area contributed by atoms with Crippen molar-refractivity contribution >= 4 is 63.4 Å². The highest BCUT2D eigenvalue weighted by molar-refractivity contribution is 6.74. The number of anilines is 2. The lowest BCUT2D eigenvalue weighted by Crippen LogP contribution is -2.55. The number of nitrogens with one attached hydrogen (secondary N) is 5. The number of nitrogens with zero attached hydrogens (tertiary/aromatic N) is 4. The minimum Gasteiger partial charge on any atom is -0.408 e. The number of para-hydroxylation sites is 1. The van der Waals surface area contributed by atoms with E-state index in [1.165, 1.54) is 6.33 Å². The first-order valence-corrected chi connectivity index (χ1v) is 22.4. The van der Waals surface area contributed by atoms with E-state index in [9.17, 15) is 19.2 Å². The number of nitrogens with two attached hydrogens (primary N) is 1. The topological polar surface area (TPSA) is 226 Å². The number of carbonyl (C=O) groups excluding carboxylic acids is 4. The van der Waals surface area contributed by atoms with Crippen molar-refractivity contribution in [3.8, 4) is 0 Å². The number of carbonyl (C=O) groups is 4. The van der Waals surface area contributed by atoms with E-state index in [1.54, 1.807) is 28.3 Å². The van der Waals surface area contributed by atoms with Crippen molar-refractivity contribution < 1.29 is 32.8 Å². The first-order valence-electron chi connectivity index (χ1n) is 16.6. The summed E-state index contributed by atoms with van der Waals surface area (Å²) in [6.45, 7) is 21.2. The number of imidazole rings is 1. The van der Waals surface area contributed by atoms with Crippen LogP contribution in [0.4, 0.5) is 30.7 Å². The van der Waals surface area contributed by atoms with E-state index in [4.69, 9.17) is 19.3 Å². The van der Waals surface area contributed by atoms with Crippen molar-refractivity contribution in [2.75, 3.05) is 17.2 Å². The zero-order valence-electron chi connectivity index (χ0n) is 30.8. The number of imide groups is 2. The second-order valence-corrected chi connectivity index (χ2v) is 24.9. The molecule has 1 saturated heterocycles. The molecule has 1 unspecified atom stereocenters. The van der Waals surface area contributed by atoms with E-state index < -0.39 is 65.3 Å². The van der Waals surface area contributed by atoms with Gasteiger partial charge in [-0.15, -0.1) is 0 Å². The first kappa shape index (κ1) is 39.4. The minimum absolute atomic E-state index is 0.0864. The van der Waals surface area contributed by atoms with Crippen LogP contribution in [0.2, 0.25) is 36.3 Å². The molecule has 51 heavy (non-hydrogen) atoms. The van der Waals surface area contributed by atoms with Gasteiger partial charge in [-0.2, -0.15) is 0 Å². The Kier molecular flexibility index (Phi) is 11.6. The molecule has 3 heterocycles. The van der Waals surface area contributed by atoms with Crippen LogP contribution in [0, 0.1) is 0 Å². The fraction of sp³-hybridized carbons (Fsp3) is 0.531. The Morgan fingerprint density at radius 3 is 2.02 bits per heavy atom. The number of urea groups is 4. The van der Waals surface area contributed by atoms with Crippen molar-refractivity contribution in [2.24, 2.45) is 5.73 Å². The Morgan fingerprint density at radius 1 is 0.824 bits per heavy atom. The van der Waals surface area contributed by atoms with E-state index in [0.717, 1.165) is 0 Å². The molecule has 1 aromatic carbocycles. The van der Waals surface area contributed by atoms with Crippen LogP contribution in [0.5, 0.6) is 0 Å². The number of rotatable bonds is 9. The maximum Gasteiger partial charge on any atom is 0.330 e. The summed E-state index contributed by atoms with van der Waals surface area (Å²) in [5.74, 6) is 0.185. The molecule has 3 aromatic rings. The average Bonchev–Trinajstić information content (AvgIpc) is 3.56. The summed E-state index contributed by atoms with van der Waals surface area (Å²) >= 11 is 0. The molecule has 17 nitrogen and oxygen atoms in total. The van der Waals surface area contributed by atoms with Gasteiger partial charge in [-0.1, -0.05) is 59.7 Å². The summed E-state index contributed by atoms with van der Waals surface area (Å²) in [6, 6.07) is 5.41. The fourth-order valence-electron chi connectivity index (χ4n) is 4.80. The van der Waals surface area contributed by atoms with E-state index in [-0.39, 0.29) is 22.4 Å². The molecular formula is C32H50N10O7Si2. The summed E-state index contributed by atoms with van der Waals surface area (Å²) in [6.07, 6.45) is -0.116. The predicted molar refractivity (Wildman–Crippen MR) is 197 cm³/mol. The van der Waals surface area contributed by atoms with E-state index in [1.807, 2.05) is 23.5 Å². The Bertz CT molecular complexity index is 1740. The summed E-state index contributed by atoms with van der Waals surface area (Å²) < 4.78 is 22.6. The number of ether oxygens (including phenoxy) is 1. The summed E-state index contributed by atoms with van der Waals surface area (Å²) in [5, 5.41) is 11.6. The first-order chi connectivity index (χ1) is 23.6. The Labute approximate surface area is 299 Å². The number of amides is 8. The van der Waals surface area contributed by atoms with Gasteiger partial charge >= 0.3 is 24.1 Å². The third-order valence-corrected chi connectivity index (χ3v) is 18.5. The van der Waals surface area contributed by atoms with Gasteiger partial charge in [0.1, 0.15) is 24.6 Å². The number of hydrogen-bond donors (Lipinski definition) is 6. The molecule has 278 valence electrons. The number of benzene rings is 1. The van der Waals surface area contributed by atoms with Crippen molar-refractivity contribution in [1.29, 1.82) is 0 Å². The van der Waals surface area contributed by atoms with Gasteiger partial charge in [-0.05, 0) is 48.4 Å². The van der Waals surface area contributed by atoms with Gasteiger partial charge < -0.3 is 30.0 Å². The molecule has 7 N–H and O–H groups in total. The number of aromatic nitrogens is 4. The van der Waals surface area contributed by atoms with Gasteiger partial charge in [0.2, 0.25) is 0 Å². The van der Waals surface area contributed by atoms with E-state index in [0.29, 0.717) is 16.9 Å². The molecule has 1 aliphatic heterocycles. The second-order valence-electron chi connectivity index (χ2n) is 15.4. The summed E-state index contributed by atoms with van der Waals surface area (Å²) in [5.41, 5.74) is 6.28. The van der Waals surface area contributed by atoms with Gasteiger partial charge in [-0.25, -0.2) is 34.1 Å². The van der Waals surface area contributed by atoms with Crippen LogP contribution in [-0.2, 0) is 13.6 Å². The lowest BCUT2D eigenvalue weighted by atomic mass is 10.1. The molecule has 19 heteroatoms. The zero-order valence-corrected chi connectivity index (χ0v) is 32.8. The van der Waals surface area contributed by atoms with Crippen LogP contribution in [-0.4, -0.2) is 85.1 Å². The molecule has 8 amide bonds. The lowest BCUT2D eigenvalue weighted by Gasteiger charge is -2.44. The SMILES string of the molecule is CC(C)(C)[Si](C)(C)OC1[C@@H](CNC(=O)NC(=O)NC(N)=O)O[C@@H](n2cnc3c(NC(=O)Nc4ccccc4)ncnc32)[C@H]1O[Si](C)(C)C(C)(C)C. The molecule has 0 radical (unpaired) electrons. The Morgan fingerprint density at radius 2 is 1.43 bits per heavy atom. The number of hydrogen-bond acceptors (Lipinski definition) is 10. The molecule has 1 fully saturated rings. The largest absolute Gasteiger partial charge is 0.408 e. The molecule has 1 aliphatic rings. The van der Waals surface area contributed by atoms with Crippen molar-refractivity contribution in [2.45, 2.75) is 102 Å². The van der Waals surface area contributed by atoms with Crippen molar-refractivity contribution in [3.05, 3.63) is 43.0 Å². The van der Waals surface area contributed by atoms with Gasteiger partial charge in [-0.3, -0.25) is 20.5 Å². The predicted octanol–water partition coefficient (Wildman–Crippen LogP) is 5.24. The van der Waals surface area contributed by atoms with Crippen LogP contribution in [0.1, 0.15) is 47.8 Å². The van der Waals surface area contributed by atoms with Crippen LogP contribution >= 0.6 is 0 Å². The molecule has 4 atom stereocenters. The number of fused-ring (bicyclic) bond motifs is 1. The highest BCUT2D eigenvalue weighted by Crippen LogP contribution is 2.46. The smallest absolute Gasteiger partial charge is 0.330 e. The summed E-state index contributed by atoms with van der Waals surface area (Å²) in [4.78, 5) is 61.9. The van der Waals surface area contributed by atoms with Crippen LogP contribution in [0.25, 0.3) is 11.2 Å². The maximum atomic E-state index is 12.9. The highest BCUT2D eigenvalue weighted by atomic mass is 28.4. The third kappa shape index (κ3) is 9.47. The van der Waals surface area contributed by atoms with Crippen molar-refractivity contribution in [3.63, 3.8) is 0 Å². The van der Waals surface area contributed by atoms with Gasteiger partial charge in [0.15, 0.2) is 39.8 Å². The second kappa shape index (κ2) is 15.0. The Balaban J connectivity index is 1.73. The average molecular weight is 743 g/mol. The van der Waals surface area contributed by atoms with Gasteiger partial charge in [0.05, 0.1) is 6.33 Å². The van der Waals surface area contributed by atoms with E-state index in [2.05, 4.69) is 98.6 Å². The van der Waals surface area contributed by atoms with Crippen LogP contribution in [0.15, 0.2) is 43.0 Å². The van der Waals surface area contributed by atoms with Gasteiger partial charge in [0, 0.05) is 12.2 Å². The zero-order chi connectivity index (χ0) is 37.9. The minimum atomic E-state index is -2.51. The lowest BCUT2D eigenvalue weighted by molar-refractivity contribution is -0.0301. The van der Waals surface area contributed by atoms with Crippen LogP contribution in [0.3, 0.4) is 0 Å². The molecule has 0 bridgehead atoms. The fourth-order valence-corrected chi connectivity index (χ4v) is 7.41. The van der Waals surface area contributed by atoms with Crippen LogP contribution < -0.4 is 32.3 Å². The standard InChI is InChI=1S/C32H50N10O7Si2/c1-31(2,3)50(7,8)48-22-20(16-34-28(44)41-30(46)40-27(33)43)47-26(23(22)49-51(9,10)32(4,5)6)42-18-37-21-24(35-17-36-25(21)42)39-29(45)38-19-14-12-11-13-15-19/h11-15,17-18,20,22-23,26H,16H2,1-10H3,(H2,35,36,38,39,45)(H5,33,34,40,41,43,44,46)/t20-,22?,23+,26-/m1/s1. The normalized spacial score (nSPS) is 19.7. The van der Waals surface area contributed by atoms with Gasteiger partial charge in [0.25, 0.3) is 0 Å². The van der Waals surface area contributed by atoms with E-state index >= 15 is 0 Å². The Hall–Kier alpha value is -4.44. The molecule has 0 saturated carbocycles. The maximum absolute atomic E-state index is 12.9. The molecule has 0 spiro atoms. The molecule has 2 aromatic heterocycles. The van der Waals surface area contributed by atoms with Crippen molar-refractivity contribution in [1.82, 2.24) is 35.5 Å². The molecular weight excluding hydrogens is 693 g/mol. The number of primary amides is 1. The molecule has 0 aliphatic carbocycles. The molecule has 4 rings (SSSR count).